The molecule has 3 aromatic carbocycles. The Morgan fingerprint density at radius 1 is 0.733 bits per heavy atom. The Morgan fingerprint density at radius 2 is 1.40 bits per heavy atom. The fraction of sp³-hybridized carbons (Fsp3) is 0.308. The number of nitrogens with one attached hydrogen (secondary N) is 2. The highest BCUT2D eigenvalue weighted by molar-refractivity contribution is 6.30. The molecule has 1 aliphatic heterocycles. The van der Waals surface area contributed by atoms with Gasteiger partial charge in [-0.15, -0.1) is 0 Å². The van der Waals surface area contributed by atoms with Crippen LogP contribution in [-0.2, 0) is 19.6 Å². The minimum Gasteiger partial charge on any atom is -0.341 e. The van der Waals surface area contributed by atoms with E-state index in [9.17, 15) is 0 Å². The highest BCUT2D eigenvalue weighted by Crippen LogP contribution is 2.29. The lowest BCUT2D eigenvalue weighted by Crippen LogP contribution is -3.27. The van der Waals surface area contributed by atoms with E-state index in [1.165, 1.54) is 59.1 Å². The first-order chi connectivity index (χ1) is 14.7. The molecule has 1 fully saturated rings. The van der Waals surface area contributed by atoms with Crippen LogP contribution in [0, 0.1) is 0 Å². The number of nitrogens with zero attached hydrogens (tertiary/aromatic N) is 1. The maximum atomic E-state index is 6.15. The molecule has 5 rings (SSSR count). The average Bonchev–Trinajstić information content (AvgIpc) is 3.08. The Hall–Kier alpha value is -2.33. The molecule has 1 aliphatic rings. The van der Waals surface area contributed by atoms with Crippen LogP contribution < -0.4 is 9.80 Å². The SMILES string of the molecule is CCn1c2ccccc2c2cc(C[NH+]3CC[NH+](Cc4cccc(Cl)c4)CC3)ccc21. The van der Waals surface area contributed by atoms with E-state index in [2.05, 4.69) is 72.2 Å². The molecule has 0 radical (unpaired) electrons. The zero-order valence-electron chi connectivity index (χ0n) is 17.6. The number of piperazine rings is 1. The summed E-state index contributed by atoms with van der Waals surface area (Å²) in [7, 11) is 0. The van der Waals surface area contributed by atoms with E-state index in [0.29, 0.717) is 0 Å². The van der Waals surface area contributed by atoms with E-state index in [1.54, 1.807) is 9.80 Å². The van der Waals surface area contributed by atoms with Crippen LogP contribution in [-0.4, -0.2) is 30.7 Å². The lowest BCUT2D eigenvalue weighted by atomic mass is 10.1. The molecule has 4 aromatic rings. The normalized spacial score (nSPS) is 19.5. The van der Waals surface area contributed by atoms with Gasteiger partial charge in [0.05, 0.1) is 0 Å². The average molecular weight is 420 g/mol. The standard InChI is InChI=1S/C26H28ClN3/c1-2-30-25-9-4-3-8-23(25)24-17-21(10-11-26(24)30)19-29-14-12-28(13-15-29)18-20-6-5-7-22(27)16-20/h3-11,16-17H,2,12-15,18-19H2,1H3/p+2. The maximum absolute atomic E-state index is 6.15. The van der Waals surface area contributed by atoms with Gasteiger partial charge in [-0.1, -0.05) is 48.0 Å². The number of halogens is 1. The van der Waals surface area contributed by atoms with Crippen molar-refractivity contribution in [2.75, 3.05) is 26.2 Å². The van der Waals surface area contributed by atoms with Crippen LogP contribution in [0.5, 0.6) is 0 Å². The number of rotatable bonds is 5. The Balaban J connectivity index is 1.28. The Bertz CT molecular complexity index is 1170. The van der Waals surface area contributed by atoms with Crippen LogP contribution in [0.3, 0.4) is 0 Å². The summed E-state index contributed by atoms with van der Waals surface area (Å²) in [5.41, 5.74) is 5.50. The summed E-state index contributed by atoms with van der Waals surface area (Å²) in [6.07, 6.45) is 0. The fourth-order valence-corrected chi connectivity index (χ4v) is 5.30. The number of aryl methyl sites for hydroxylation is 1. The van der Waals surface area contributed by atoms with Crippen LogP contribution in [0.2, 0.25) is 5.02 Å². The molecule has 0 spiro atoms. The highest BCUT2D eigenvalue weighted by Gasteiger charge is 2.23. The largest absolute Gasteiger partial charge is 0.341 e. The van der Waals surface area contributed by atoms with E-state index < -0.39 is 0 Å². The van der Waals surface area contributed by atoms with Crippen molar-refractivity contribution in [1.29, 1.82) is 0 Å². The van der Waals surface area contributed by atoms with Gasteiger partial charge in [0, 0.05) is 44.5 Å². The van der Waals surface area contributed by atoms with Gasteiger partial charge in [-0.25, -0.2) is 0 Å². The molecule has 0 aliphatic carbocycles. The van der Waals surface area contributed by atoms with E-state index in [0.717, 1.165) is 24.7 Å². The Kier molecular flexibility index (Phi) is 5.51. The molecule has 0 saturated carbocycles. The Labute approximate surface area is 183 Å². The summed E-state index contributed by atoms with van der Waals surface area (Å²) >= 11 is 6.15. The number of hydrogen-bond donors (Lipinski definition) is 2. The van der Waals surface area contributed by atoms with Gasteiger partial charge in [-0.05, 0) is 37.3 Å². The van der Waals surface area contributed by atoms with Crippen LogP contribution in [0.1, 0.15) is 18.1 Å². The monoisotopic (exact) mass is 419 g/mol. The predicted molar refractivity (Wildman–Crippen MR) is 125 cm³/mol. The molecule has 0 amide bonds. The van der Waals surface area contributed by atoms with Gasteiger partial charge in [0.15, 0.2) is 0 Å². The summed E-state index contributed by atoms with van der Waals surface area (Å²) in [5.74, 6) is 0. The second-order valence-corrected chi connectivity index (χ2v) is 9.03. The van der Waals surface area contributed by atoms with Crippen LogP contribution in [0.4, 0.5) is 0 Å². The lowest BCUT2D eigenvalue weighted by Gasteiger charge is -2.29. The molecule has 154 valence electrons. The molecule has 1 saturated heterocycles. The smallest absolute Gasteiger partial charge is 0.127 e. The molecule has 0 unspecified atom stereocenters. The molecule has 3 nitrogen and oxygen atoms in total. The predicted octanol–water partition coefficient (Wildman–Crippen LogP) is 2.95. The number of hydrogen-bond acceptors (Lipinski definition) is 0. The number of para-hydroxylation sites is 1. The molecule has 4 heteroatoms. The summed E-state index contributed by atoms with van der Waals surface area (Å²) in [6, 6.07) is 24.2. The van der Waals surface area contributed by atoms with Gasteiger partial charge in [-0.2, -0.15) is 0 Å². The zero-order valence-corrected chi connectivity index (χ0v) is 18.4. The van der Waals surface area contributed by atoms with Gasteiger partial charge < -0.3 is 14.4 Å². The van der Waals surface area contributed by atoms with Crippen LogP contribution in [0.25, 0.3) is 21.8 Å². The first kappa shape index (κ1) is 19.6. The molecule has 1 aromatic heterocycles. The van der Waals surface area contributed by atoms with Crippen molar-refractivity contribution in [3.05, 3.63) is 82.9 Å². The van der Waals surface area contributed by atoms with Crippen LogP contribution in [0.15, 0.2) is 66.7 Å². The first-order valence-electron chi connectivity index (χ1n) is 11.1. The molecule has 2 N–H and O–H groups in total. The third kappa shape index (κ3) is 3.85. The molecule has 0 atom stereocenters. The van der Waals surface area contributed by atoms with Gasteiger partial charge in [0.25, 0.3) is 0 Å². The maximum Gasteiger partial charge on any atom is 0.127 e. The Morgan fingerprint density at radius 3 is 2.10 bits per heavy atom. The van der Waals surface area contributed by atoms with Crippen molar-refractivity contribution in [2.45, 2.75) is 26.6 Å². The van der Waals surface area contributed by atoms with Crippen molar-refractivity contribution in [3.63, 3.8) is 0 Å². The second kappa shape index (κ2) is 8.43. The van der Waals surface area contributed by atoms with Crippen molar-refractivity contribution < 1.29 is 9.80 Å². The van der Waals surface area contributed by atoms with E-state index in [4.69, 9.17) is 11.6 Å². The topological polar surface area (TPSA) is 13.8 Å². The molecule has 30 heavy (non-hydrogen) atoms. The van der Waals surface area contributed by atoms with E-state index >= 15 is 0 Å². The first-order valence-corrected chi connectivity index (χ1v) is 11.5. The molecule has 0 bridgehead atoms. The number of benzene rings is 3. The summed E-state index contributed by atoms with van der Waals surface area (Å²) in [6.45, 7) is 10.3. The third-order valence-corrected chi connectivity index (χ3v) is 6.85. The number of quaternary nitrogens is 2. The fourth-order valence-electron chi connectivity index (χ4n) is 5.09. The molecular weight excluding hydrogens is 390 g/mol. The minimum atomic E-state index is 0.844. The molecule has 2 heterocycles. The van der Waals surface area contributed by atoms with E-state index in [1.807, 2.05) is 6.07 Å². The quantitative estimate of drug-likeness (QED) is 0.494. The van der Waals surface area contributed by atoms with Gasteiger partial charge in [0.1, 0.15) is 39.3 Å². The van der Waals surface area contributed by atoms with Crippen molar-refractivity contribution in [3.8, 4) is 0 Å². The minimum absolute atomic E-state index is 0.844. The van der Waals surface area contributed by atoms with Crippen molar-refractivity contribution in [1.82, 2.24) is 4.57 Å². The summed E-state index contributed by atoms with van der Waals surface area (Å²) in [5, 5.41) is 3.62. The third-order valence-electron chi connectivity index (χ3n) is 6.61. The second-order valence-electron chi connectivity index (χ2n) is 8.60. The molecular formula is C26H30ClN3+2. The van der Waals surface area contributed by atoms with E-state index in [-0.39, 0.29) is 0 Å². The highest BCUT2D eigenvalue weighted by atomic mass is 35.5. The van der Waals surface area contributed by atoms with Gasteiger partial charge >= 0.3 is 0 Å². The van der Waals surface area contributed by atoms with Crippen molar-refractivity contribution in [2.24, 2.45) is 0 Å². The summed E-state index contributed by atoms with van der Waals surface area (Å²) in [4.78, 5) is 3.37. The summed E-state index contributed by atoms with van der Waals surface area (Å²) < 4.78 is 2.43. The number of aromatic nitrogens is 1. The van der Waals surface area contributed by atoms with Crippen LogP contribution >= 0.6 is 11.6 Å². The van der Waals surface area contributed by atoms with Gasteiger partial charge in [0.2, 0.25) is 0 Å². The lowest BCUT2D eigenvalue weighted by molar-refractivity contribution is -1.02. The zero-order chi connectivity index (χ0) is 20.5. The number of fused-ring (bicyclic) bond motifs is 3. The van der Waals surface area contributed by atoms with Crippen molar-refractivity contribution >= 4 is 33.4 Å². The van der Waals surface area contributed by atoms with Gasteiger partial charge in [-0.3, -0.25) is 0 Å².